The van der Waals surface area contributed by atoms with Gasteiger partial charge in [-0.3, -0.25) is 0 Å². The summed E-state index contributed by atoms with van der Waals surface area (Å²) in [5.41, 5.74) is 3.77. The van der Waals surface area contributed by atoms with Crippen molar-refractivity contribution in [3.8, 4) is 0 Å². The molecule has 3 nitrogen and oxygen atoms in total. The van der Waals surface area contributed by atoms with Gasteiger partial charge in [0, 0.05) is 31.1 Å². The molecule has 0 atom stereocenters. The van der Waals surface area contributed by atoms with Crippen molar-refractivity contribution in [2.24, 2.45) is 0 Å². The van der Waals surface area contributed by atoms with Crippen molar-refractivity contribution in [1.29, 1.82) is 0 Å². The van der Waals surface area contributed by atoms with Crippen LogP contribution in [0.25, 0.3) is 0 Å². The SMILES string of the molecule is Cc1cccc(CN(C)c2nc(C)c(CNC(C)C)s2)c1. The van der Waals surface area contributed by atoms with E-state index in [9.17, 15) is 0 Å². The van der Waals surface area contributed by atoms with Gasteiger partial charge in [0.05, 0.1) is 5.69 Å². The van der Waals surface area contributed by atoms with Crippen LogP contribution in [0.15, 0.2) is 24.3 Å². The topological polar surface area (TPSA) is 28.2 Å². The van der Waals surface area contributed by atoms with Crippen molar-refractivity contribution in [2.75, 3.05) is 11.9 Å². The quantitative estimate of drug-likeness (QED) is 0.877. The second-order valence-electron chi connectivity index (χ2n) is 5.89. The third-order valence-electron chi connectivity index (χ3n) is 3.38. The van der Waals surface area contributed by atoms with Gasteiger partial charge in [0.2, 0.25) is 0 Å². The van der Waals surface area contributed by atoms with Gasteiger partial charge < -0.3 is 10.2 Å². The van der Waals surface area contributed by atoms with Crippen molar-refractivity contribution in [1.82, 2.24) is 10.3 Å². The fourth-order valence-corrected chi connectivity index (χ4v) is 3.16. The number of hydrogen-bond acceptors (Lipinski definition) is 4. The summed E-state index contributed by atoms with van der Waals surface area (Å²) in [6.07, 6.45) is 0. The van der Waals surface area contributed by atoms with Crippen LogP contribution < -0.4 is 10.2 Å². The molecule has 2 aromatic rings. The summed E-state index contributed by atoms with van der Waals surface area (Å²) in [5.74, 6) is 0. The maximum absolute atomic E-state index is 4.71. The minimum absolute atomic E-state index is 0.500. The van der Waals surface area contributed by atoms with Crippen LogP contribution in [0.3, 0.4) is 0 Å². The van der Waals surface area contributed by atoms with Crippen molar-refractivity contribution >= 4 is 16.5 Å². The highest BCUT2D eigenvalue weighted by Gasteiger charge is 2.11. The lowest BCUT2D eigenvalue weighted by Gasteiger charge is -2.16. The average molecular weight is 303 g/mol. The monoisotopic (exact) mass is 303 g/mol. The number of nitrogens with zero attached hydrogens (tertiary/aromatic N) is 2. The molecule has 1 N–H and O–H groups in total. The van der Waals surface area contributed by atoms with Gasteiger partial charge in [0.1, 0.15) is 0 Å². The van der Waals surface area contributed by atoms with Crippen molar-refractivity contribution in [2.45, 2.75) is 46.8 Å². The second kappa shape index (κ2) is 7.05. The summed E-state index contributed by atoms with van der Waals surface area (Å²) >= 11 is 1.79. The Kier molecular flexibility index (Phi) is 5.37. The molecular weight excluding hydrogens is 278 g/mol. The highest BCUT2D eigenvalue weighted by molar-refractivity contribution is 7.15. The number of rotatable bonds is 6. The van der Waals surface area contributed by atoms with Gasteiger partial charge in [-0.1, -0.05) is 43.7 Å². The molecule has 0 fully saturated rings. The van der Waals surface area contributed by atoms with E-state index >= 15 is 0 Å². The largest absolute Gasteiger partial charge is 0.347 e. The van der Waals surface area contributed by atoms with E-state index in [1.165, 1.54) is 16.0 Å². The Bertz CT molecular complexity index is 589. The lowest BCUT2D eigenvalue weighted by molar-refractivity contribution is 0.591. The first-order valence-electron chi connectivity index (χ1n) is 7.42. The van der Waals surface area contributed by atoms with Gasteiger partial charge in [-0.2, -0.15) is 0 Å². The molecule has 0 unspecified atom stereocenters. The highest BCUT2D eigenvalue weighted by atomic mass is 32.1. The molecule has 0 radical (unpaired) electrons. The number of benzene rings is 1. The molecule has 0 bridgehead atoms. The average Bonchev–Trinajstić information content (AvgIpc) is 2.78. The first-order chi connectivity index (χ1) is 9.95. The number of aryl methyl sites for hydroxylation is 2. The fourth-order valence-electron chi connectivity index (χ4n) is 2.19. The molecule has 1 aromatic carbocycles. The van der Waals surface area contributed by atoms with Crippen LogP contribution in [0.4, 0.5) is 5.13 Å². The van der Waals surface area contributed by atoms with Crippen LogP contribution in [0.1, 0.15) is 35.5 Å². The number of aromatic nitrogens is 1. The molecule has 0 saturated heterocycles. The third kappa shape index (κ3) is 4.55. The van der Waals surface area contributed by atoms with E-state index in [2.05, 4.69) is 69.2 Å². The minimum Gasteiger partial charge on any atom is -0.347 e. The number of nitrogens with one attached hydrogen (secondary N) is 1. The summed E-state index contributed by atoms with van der Waals surface area (Å²) in [5, 5.41) is 4.56. The number of thiazole rings is 1. The zero-order valence-corrected chi connectivity index (χ0v) is 14.4. The van der Waals surface area contributed by atoms with Crippen LogP contribution in [0, 0.1) is 13.8 Å². The van der Waals surface area contributed by atoms with Crippen LogP contribution in [-0.2, 0) is 13.1 Å². The van der Waals surface area contributed by atoms with E-state index in [-0.39, 0.29) is 0 Å². The summed E-state index contributed by atoms with van der Waals surface area (Å²) in [4.78, 5) is 8.27. The molecule has 0 spiro atoms. The van der Waals surface area contributed by atoms with E-state index in [1.54, 1.807) is 11.3 Å². The third-order valence-corrected chi connectivity index (χ3v) is 4.65. The summed E-state index contributed by atoms with van der Waals surface area (Å²) in [6.45, 7) is 10.4. The van der Waals surface area contributed by atoms with Crippen LogP contribution in [-0.4, -0.2) is 18.1 Å². The molecule has 1 aromatic heterocycles. The van der Waals surface area contributed by atoms with Gasteiger partial charge in [0.15, 0.2) is 5.13 Å². The van der Waals surface area contributed by atoms with E-state index in [1.807, 2.05) is 0 Å². The van der Waals surface area contributed by atoms with Gasteiger partial charge >= 0.3 is 0 Å². The molecule has 0 aliphatic heterocycles. The number of anilines is 1. The van der Waals surface area contributed by atoms with E-state index in [0.717, 1.165) is 23.9 Å². The second-order valence-corrected chi connectivity index (χ2v) is 6.95. The van der Waals surface area contributed by atoms with Crippen molar-refractivity contribution < 1.29 is 0 Å². The normalized spacial score (nSPS) is 11.1. The van der Waals surface area contributed by atoms with E-state index in [4.69, 9.17) is 4.98 Å². The standard InChI is InChI=1S/C17H25N3S/c1-12(2)18-10-16-14(4)19-17(21-16)20(5)11-15-8-6-7-13(3)9-15/h6-9,12,18H,10-11H2,1-5H3. The van der Waals surface area contributed by atoms with Crippen LogP contribution in [0.5, 0.6) is 0 Å². The van der Waals surface area contributed by atoms with Gasteiger partial charge in [-0.15, -0.1) is 11.3 Å². The number of hydrogen-bond donors (Lipinski definition) is 1. The molecule has 4 heteroatoms. The lowest BCUT2D eigenvalue weighted by atomic mass is 10.1. The van der Waals surface area contributed by atoms with E-state index in [0.29, 0.717) is 6.04 Å². The lowest BCUT2D eigenvalue weighted by Crippen LogP contribution is -2.21. The van der Waals surface area contributed by atoms with Gasteiger partial charge in [0.25, 0.3) is 0 Å². The molecule has 1 heterocycles. The molecule has 0 aliphatic rings. The molecule has 0 amide bonds. The Balaban J connectivity index is 2.05. The first-order valence-corrected chi connectivity index (χ1v) is 8.23. The smallest absolute Gasteiger partial charge is 0.185 e. The fraction of sp³-hybridized carbons (Fsp3) is 0.471. The first kappa shape index (κ1) is 16.0. The minimum atomic E-state index is 0.500. The highest BCUT2D eigenvalue weighted by Crippen LogP contribution is 2.26. The molecule has 2 rings (SSSR count). The van der Waals surface area contributed by atoms with Crippen LogP contribution >= 0.6 is 11.3 Å². The van der Waals surface area contributed by atoms with Crippen molar-refractivity contribution in [3.63, 3.8) is 0 Å². The molecule has 21 heavy (non-hydrogen) atoms. The van der Waals surface area contributed by atoms with Crippen LogP contribution in [0.2, 0.25) is 0 Å². The summed E-state index contributed by atoms with van der Waals surface area (Å²) in [6, 6.07) is 9.15. The molecule has 114 valence electrons. The molecule has 0 aliphatic carbocycles. The predicted octanol–water partition coefficient (Wildman–Crippen LogP) is 3.89. The Morgan fingerprint density at radius 2 is 2.05 bits per heavy atom. The Morgan fingerprint density at radius 3 is 2.71 bits per heavy atom. The van der Waals surface area contributed by atoms with Crippen molar-refractivity contribution in [3.05, 3.63) is 46.0 Å². The predicted molar refractivity (Wildman–Crippen MR) is 92.1 cm³/mol. The zero-order chi connectivity index (χ0) is 15.4. The Morgan fingerprint density at radius 1 is 1.29 bits per heavy atom. The zero-order valence-electron chi connectivity index (χ0n) is 13.6. The summed E-state index contributed by atoms with van der Waals surface area (Å²) < 4.78 is 0. The van der Waals surface area contributed by atoms with Gasteiger partial charge in [-0.25, -0.2) is 4.98 Å². The Labute approximate surface area is 132 Å². The maximum Gasteiger partial charge on any atom is 0.185 e. The molecular formula is C17H25N3S. The Hall–Kier alpha value is -1.39. The van der Waals surface area contributed by atoms with E-state index < -0.39 is 0 Å². The summed E-state index contributed by atoms with van der Waals surface area (Å²) in [7, 11) is 2.11. The van der Waals surface area contributed by atoms with Gasteiger partial charge in [-0.05, 0) is 19.4 Å². The maximum atomic E-state index is 4.71. The molecule has 0 saturated carbocycles.